The molecule has 3 unspecified atom stereocenters. The van der Waals surface area contributed by atoms with Gasteiger partial charge in [0.1, 0.15) is 5.75 Å². The van der Waals surface area contributed by atoms with Crippen LogP contribution in [0.2, 0.25) is 0 Å². The first kappa shape index (κ1) is 19.8. The van der Waals surface area contributed by atoms with Crippen molar-refractivity contribution < 1.29 is 9.53 Å². The Morgan fingerprint density at radius 3 is 2.74 bits per heavy atom. The average Bonchev–Trinajstić information content (AvgIpc) is 2.46. The number of ether oxygens (including phenoxy) is 1. The lowest BCUT2D eigenvalue weighted by Gasteiger charge is -2.37. The molecule has 1 aliphatic rings. The average molecular weight is 341 g/mol. The van der Waals surface area contributed by atoms with Gasteiger partial charge in [0.25, 0.3) is 0 Å². The van der Waals surface area contributed by atoms with Crippen molar-refractivity contribution in [1.29, 1.82) is 0 Å². The van der Waals surface area contributed by atoms with Crippen LogP contribution in [0.25, 0.3) is 0 Å². The summed E-state index contributed by atoms with van der Waals surface area (Å²) < 4.78 is 5.41. The molecule has 4 nitrogen and oxygen atoms in total. The summed E-state index contributed by atoms with van der Waals surface area (Å²) in [5, 5.41) is 3.12. The quantitative estimate of drug-likeness (QED) is 0.881. The smallest absolute Gasteiger partial charge is 0.225 e. The van der Waals surface area contributed by atoms with Crippen LogP contribution in [0.5, 0.6) is 5.75 Å². The van der Waals surface area contributed by atoms with Gasteiger partial charge in [-0.25, -0.2) is 0 Å². The van der Waals surface area contributed by atoms with Gasteiger partial charge in [-0.05, 0) is 39.7 Å². The molecule has 0 aromatic heterocycles. The zero-order valence-corrected chi connectivity index (χ0v) is 15.3. The molecule has 0 aliphatic heterocycles. The Kier molecular flexibility index (Phi) is 6.90. The molecule has 0 bridgehead atoms. The van der Waals surface area contributed by atoms with Crippen LogP contribution in [-0.4, -0.2) is 18.6 Å². The van der Waals surface area contributed by atoms with Crippen LogP contribution in [-0.2, 0) is 4.79 Å². The fourth-order valence-electron chi connectivity index (χ4n) is 3.37. The first-order valence-electron chi connectivity index (χ1n) is 8.09. The Hall–Kier alpha value is -1.26. The van der Waals surface area contributed by atoms with E-state index >= 15 is 0 Å². The number of hydrogen-bond acceptors (Lipinski definition) is 3. The van der Waals surface area contributed by atoms with Crippen molar-refractivity contribution in [1.82, 2.24) is 5.32 Å². The fourth-order valence-corrected chi connectivity index (χ4v) is 3.37. The molecular formula is C18H29ClN2O2. The van der Waals surface area contributed by atoms with Gasteiger partial charge in [0.15, 0.2) is 0 Å². The number of rotatable bonds is 4. The number of carbonyl (C=O) groups is 1. The highest BCUT2D eigenvalue weighted by Crippen LogP contribution is 2.33. The third-order valence-corrected chi connectivity index (χ3v) is 4.78. The number of aryl methyl sites for hydroxylation is 1. The molecule has 1 aromatic rings. The maximum atomic E-state index is 12.7. The van der Waals surface area contributed by atoms with Gasteiger partial charge in [-0.1, -0.05) is 30.5 Å². The maximum absolute atomic E-state index is 12.7. The molecule has 0 spiro atoms. The number of nitrogens with two attached hydrogens (primary N) is 1. The minimum atomic E-state index is -0.404. The number of amides is 1. The topological polar surface area (TPSA) is 64.3 Å². The predicted molar refractivity (Wildman–Crippen MR) is 96.1 cm³/mol. The summed E-state index contributed by atoms with van der Waals surface area (Å²) in [5.74, 6) is 0.748. The van der Waals surface area contributed by atoms with E-state index in [0.29, 0.717) is 0 Å². The SMILES string of the molecule is COc1ccc(C)cc1C(C)NC(=O)C1CCCCC1(C)N.Cl. The minimum absolute atomic E-state index is 0. The van der Waals surface area contributed by atoms with Crippen molar-refractivity contribution in [3.8, 4) is 5.75 Å². The van der Waals surface area contributed by atoms with E-state index in [1.54, 1.807) is 7.11 Å². The van der Waals surface area contributed by atoms with Crippen LogP contribution in [0.3, 0.4) is 0 Å². The lowest BCUT2D eigenvalue weighted by molar-refractivity contribution is -0.128. The summed E-state index contributed by atoms with van der Waals surface area (Å²) >= 11 is 0. The van der Waals surface area contributed by atoms with E-state index in [1.807, 2.05) is 32.9 Å². The molecule has 0 saturated heterocycles. The van der Waals surface area contributed by atoms with Gasteiger partial charge in [0.05, 0.1) is 19.1 Å². The zero-order chi connectivity index (χ0) is 16.3. The van der Waals surface area contributed by atoms with Crippen LogP contribution < -0.4 is 15.8 Å². The van der Waals surface area contributed by atoms with E-state index in [0.717, 1.165) is 42.6 Å². The number of methoxy groups -OCH3 is 1. The Morgan fingerprint density at radius 1 is 1.43 bits per heavy atom. The van der Waals surface area contributed by atoms with Crippen LogP contribution in [0.4, 0.5) is 0 Å². The zero-order valence-electron chi connectivity index (χ0n) is 14.5. The van der Waals surface area contributed by atoms with Gasteiger partial charge in [0.2, 0.25) is 5.91 Å². The van der Waals surface area contributed by atoms with Gasteiger partial charge < -0.3 is 15.8 Å². The van der Waals surface area contributed by atoms with Crippen molar-refractivity contribution in [2.45, 2.75) is 58.0 Å². The largest absolute Gasteiger partial charge is 0.496 e. The molecule has 23 heavy (non-hydrogen) atoms. The van der Waals surface area contributed by atoms with Crippen molar-refractivity contribution in [2.75, 3.05) is 7.11 Å². The van der Waals surface area contributed by atoms with Crippen molar-refractivity contribution in [3.63, 3.8) is 0 Å². The summed E-state index contributed by atoms with van der Waals surface area (Å²) in [7, 11) is 1.65. The summed E-state index contributed by atoms with van der Waals surface area (Å²) in [4.78, 5) is 12.7. The molecule has 1 aromatic carbocycles. The molecule has 1 aliphatic carbocycles. The van der Waals surface area contributed by atoms with Gasteiger partial charge in [-0.2, -0.15) is 0 Å². The van der Waals surface area contributed by atoms with E-state index in [1.165, 1.54) is 0 Å². The molecule has 0 heterocycles. The molecule has 0 radical (unpaired) electrons. The number of nitrogens with one attached hydrogen (secondary N) is 1. The lowest BCUT2D eigenvalue weighted by Crippen LogP contribution is -2.53. The number of hydrogen-bond donors (Lipinski definition) is 2. The standard InChI is InChI=1S/C18H28N2O2.ClH/c1-12-8-9-16(22-4)14(11-12)13(2)20-17(21)15-7-5-6-10-18(15,3)19;/h8-9,11,13,15H,5-7,10,19H2,1-4H3,(H,20,21);1H. The third kappa shape index (κ3) is 4.61. The fraction of sp³-hybridized carbons (Fsp3) is 0.611. The molecule has 130 valence electrons. The Labute approximate surface area is 145 Å². The van der Waals surface area contributed by atoms with Crippen molar-refractivity contribution >= 4 is 18.3 Å². The summed E-state index contributed by atoms with van der Waals surface area (Å²) in [6, 6.07) is 5.92. The summed E-state index contributed by atoms with van der Waals surface area (Å²) in [6.45, 7) is 6.02. The number of carbonyl (C=O) groups excluding carboxylic acids is 1. The second-order valence-corrected chi connectivity index (χ2v) is 6.78. The van der Waals surface area contributed by atoms with E-state index in [9.17, 15) is 4.79 Å². The molecular weight excluding hydrogens is 312 g/mol. The van der Waals surface area contributed by atoms with Crippen molar-refractivity contribution in [3.05, 3.63) is 29.3 Å². The first-order chi connectivity index (χ1) is 10.3. The van der Waals surface area contributed by atoms with Gasteiger partial charge in [-0.3, -0.25) is 4.79 Å². The molecule has 3 N–H and O–H groups in total. The molecule has 1 saturated carbocycles. The third-order valence-electron chi connectivity index (χ3n) is 4.78. The number of halogens is 1. The van der Waals surface area contributed by atoms with E-state index in [4.69, 9.17) is 10.5 Å². The highest BCUT2D eigenvalue weighted by atomic mass is 35.5. The Morgan fingerprint density at radius 2 is 2.13 bits per heavy atom. The Bertz CT molecular complexity index is 546. The van der Waals surface area contributed by atoms with E-state index in [2.05, 4.69) is 11.4 Å². The highest BCUT2D eigenvalue weighted by molar-refractivity contribution is 5.85. The molecule has 5 heteroatoms. The van der Waals surface area contributed by atoms with Crippen LogP contribution in [0.15, 0.2) is 18.2 Å². The number of benzene rings is 1. The van der Waals surface area contributed by atoms with Crippen LogP contribution in [0.1, 0.15) is 56.7 Å². The molecule has 3 atom stereocenters. The van der Waals surface area contributed by atoms with Gasteiger partial charge >= 0.3 is 0 Å². The minimum Gasteiger partial charge on any atom is -0.496 e. The van der Waals surface area contributed by atoms with Gasteiger partial charge in [-0.15, -0.1) is 12.4 Å². The molecule has 2 rings (SSSR count). The normalized spacial score (nSPS) is 25.2. The van der Waals surface area contributed by atoms with E-state index < -0.39 is 5.54 Å². The van der Waals surface area contributed by atoms with Crippen LogP contribution in [0, 0.1) is 12.8 Å². The second kappa shape index (κ2) is 8.02. The lowest BCUT2D eigenvalue weighted by atomic mass is 9.74. The second-order valence-electron chi connectivity index (χ2n) is 6.78. The predicted octanol–water partition coefficient (Wildman–Crippen LogP) is 3.51. The molecule has 1 amide bonds. The van der Waals surface area contributed by atoms with Crippen molar-refractivity contribution in [2.24, 2.45) is 11.7 Å². The highest BCUT2D eigenvalue weighted by Gasteiger charge is 2.38. The Balaban J connectivity index is 0.00000264. The molecule has 1 fully saturated rings. The van der Waals surface area contributed by atoms with Crippen LogP contribution >= 0.6 is 12.4 Å². The first-order valence-corrected chi connectivity index (χ1v) is 8.09. The monoisotopic (exact) mass is 340 g/mol. The summed E-state index contributed by atoms with van der Waals surface area (Å²) in [6.07, 6.45) is 3.97. The van der Waals surface area contributed by atoms with E-state index in [-0.39, 0.29) is 30.3 Å². The summed E-state index contributed by atoms with van der Waals surface area (Å²) in [5.41, 5.74) is 8.08. The van der Waals surface area contributed by atoms with Gasteiger partial charge in [0, 0.05) is 11.1 Å². The maximum Gasteiger partial charge on any atom is 0.225 e.